The van der Waals surface area contributed by atoms with Gasteiger partial charge >= 0.3 is 6.03 Å². The Labute approximate surface area is 654 Å². The van der Waals surface area contributed by atoms with Crippen LogP contribution in [0, 0.1) is 0 Å². The summed E-state index contributed by atoms with van der Waals surface area (Å²) in [5.74, 6) is 5.61. The number of aliphatic hydroxyl groups is 2. The van der Waals surface area contributed by atoms with Crippen molar-refractivity contribution in [2.75, 3.05) is 83.7 Å². The molecule has 3 saturated heterocycles. The molecule has 568 valence electrons. The molecule has 23 nitrogen and oxygen atoms in total. The lowest BCUT2D eigenvalue weighted by atomic mass is 9.78. The van der Waals surface area contributed by atoms with Gasteiger partial charge in [-0.25, -0.2) is 49.7 Å². The molecule has 6 fully saturated rings. The molecule has 2 amide bonds. The van der Waals surface area contributed by atoms with Crippen LogP contribution in [-0.2, 0) is 0 Å². The van der Waals surface area contributed by atoms with Crippen molar-refractivity contribution in [1.82, 2.24) is 82.6 Å². The van der Waals surface area contributed by atoms with Gasteiger partial charge in [-0.3, -0.25) is 27.9 Å². The summed E-state index contributed by atoms with van der Waals surface area (Å²) in [6.45, 7) is 6.93. The molecule has 8 N–H and O–H groups in total. The highest BCUT2D eigenvalue weighted by molar-refractivity contribution is 5.95. The molecule has 113 heavy (non-hydrogen) atoms. The maximum absolute atomic E-state index is 12.3. The molecule has 0 spiro atoms. The molecular formula is C90H90N20O3. The fraction of sp³-hybridized carbons (Fsp3) is 0.289. The second-order valence-electron chi connectivity index (χ2n) is 31.5. The van der Waals surface area contributed by atoms with E-state index in [1.165, 1.54) is 0 Å². The maximum Gasteiger partial charge on any atom is 0.319 e. The van der Waals surface area contributed by atoms with Crippen molar-refractivity contribution in [2.45, 2.75) is 99.5 Å². The van der Waals surface area contributed by atoms with Crippen LogP contribution in [0.15, 0.2) is 219 Å². The molecule has 3 aliphatic carbocycles. The standard InChI is InChI=1S/C32H34N8O.2C29H28N6O/c1-37(2)32(41)39-16-14-38(15-17-39)25-18-24(19-25)31-36-28(29-30(33)34-12-13-40(29)31)23-9-8-22-10-11-26(35-27(22)20-23)21-6-4-3-5-7-21;2*30-28-27-26(20-7-6-19-8-9-24(32-25(19)16-20)18-4-2-1-3-5-18)33-29(35(27)13-11-31-28)21-14-22(15-21)34-12-10-23(36)17-34/h3-13,20,24-25H,14-19H2,1-2H3,(H2,33,34);2*1-9,11,13,16,21-23,36H,10,12,14-15,17H2,(H2,30,31)/t;2*21?,22?,23-/m.10/s1. The predicted molar refractivity (Wildman–Crippen MR) is 445 cm³/mol. The van der Waals surface area contributed by atoms with Gasteiger partial charge in [-0.1, -0.05) is 146 Å². The van der Waals surface area contributed by atoms with Crippen LogP contribution < -0.4 is 17.2 Å². The van der Waals surface area contributed by atoms with E-state index in [-0.39, 0.29) is 18.2 Å². The predicted octanol–water partition coefficient (Wildman–Crippen LogP) is 13.8. The number of rotatable bonds is 12. The highest BCUT2D eigenvalue weighted by Crippen LogP contribution is 2.47. The van der Waals surface area contributed by atoms with E-state index in [1.54, 1.807) is 23.5 Å². The van der Waals surface area contributed by atoms with Crippen molar-refractivity contribution >= 4 is 72.7 Å². The van der Waals surface area contributed by atoms with Crippen molar-refractivity contribution in [2.24, 2.45) is 0 Å². The lowest BCUT2D eigenvalue weighted by molar-refractivity contribution is 0.0556. The van der Waals surface area contributed by atoms with Gasteiger partial charge in [-0.2, -0.15) is 0 Å². The third kappa shape index (κ3) is 13.7. The zero-order valence-electron chi connectivity index (χ0n) is 63.4. The fourth-order valence-electron chi connectivity index (χ4n) is 17.9. The van der Waals surface area contributed by atoms with Gasteiger partial charge in [-0.05, 0) is 87.8 Å². The number of nitrogens with zero attached hydrogens (tertiary/aromatic N) is 17. The molecule has 9 aromatic heterocycles. The Morgan fingerprint density at radius 3 is 1.01 bits per heavy atom. The first-order valence-corrected chi connectivity index (χ1v) is 39.6. The van der Waals surface area contributed by atoms with E-state index in [0.717, 1.165) is 238 Å². The third-order valence-corrected chi connectivity index (χ3v) is 24.3. The van der Waals surface area contributed by atoms with E-state index < -0.39 is 0 Å². The lowest BCUT2D eigenvalue weighted by Crippen LogP contribution is -2.56. The van der Waals surface area contributed by atoms with Gasteiger partial charge in [0.25, 0.3) is 0 Å². The average molecular weight is 1500 g/mol. The van der Waals surface area contributed by atoms with Crippen LogP contribution in [0.3, 0.4) is 0 Å². The quantitative estimate of drug-likeness (QED) is 0.0760. The molecule has 15 aromatic rings. The lowest BCUT2D eigenvalue weighted by Gasteiger charge is -2.46. The number of carbonyl (C=O) groups is 1. The summed E-state index contributed by atoms with van der Waals surface area (Å²) in [6, 6.07) is 63.8. The molecule has 6 aromatic carbocycles. The van der Waals surface area contributed by atoms with E-state index in [9.17, 15) is 15.0 Å². The van der Waals surface area contributed by atoms with Gasteiger partial charge < -0.3 is 37.2 Å². The Kier molecular flexibility index (Phi) is 18.8. The number of piperazine rings is 1. The van der Waals surface area contributed by atoms with Crippen LogP contribution in [0.4, 0.5) is 22.2 Å². The number of likely N-dealkylation sites (tertiary alicyclic amines) is 2. The van der Waals surface area contributed by atoms with Crippen LogP contribution in [0.25, 0.3) is 117 Å². The zero-order valence-corrected chi connectivity index (χ0v) is 63.4. The summed E-state index contributed by atoms with van der Waals surface area (Å²) >= 11 is 0. The number of pyridine rings is 3. The van der Waals surface area contributed by atoms with Gasteiger partial charge in [0.05, 0.1) is 45.8 Å². The number of hydrogen-bond acceptors (Lipinski definition) is 18. The summed E-state index contributed by atoms with van der Waals surface area (Å²) in [4.78, 5) is 66.9. The number of anilines is 3. The van der Waals surface area contributed by atoms with E-state index in [2.05, 4.69) is 170 Å². The van der Waals surface area contributed by atoms with Crippen LogP contribution >= 0.6 is 0 Å². The van der Waals surface area contributed by atoms with Gasteiger partial charge in [-0.15, -0.1) is 0 Å². The van der Waals surface area contributed by atoms with E-state index in [4.69, 9.17) is 47.1 Å². The largest absolute Gasteiger partial charge is 0.392 e. The molecule has 3 saturated carbocycles. The number of urea groups is 1. The molecule has 12 heterocycles. The van der Waals surface area contributed by atoms with Crippen molar-refractivity contribution in [3.63, 3.8) is 0 Å². The highest BCUT2D eigenvalue weighted by atomic mass is 16.3. The molecule has 23 heteroatoms. The summed E-state index contributed by atoms with van der Waals surface area (Å²) in [7, 11) is 3.63. The number of amides is 2. The number of nitrogen functional groups attached to an aromatic ring is 3. The smallest absolute Gasteiger partial charge is 0.319 e. The number of nitrogens with two attached hydrogens (primary N) is 3. The number of benzene rings is 6. The summed E-state index contributed by atoms with van der Waals surface area (Å²) < 4.78 is 6.37. The minimum absolute atomic E-state index is 0.0962. The van der Waals surface area contributed by atoms with E-state index in [0.29, 0.717) is 53.3 Å². The topological polar surface area (TPSA) is 281 Å². The van der Waals surface area contributed by atoms with Crippen LogP contribution in [0.1, 0.15) is 86.6 Å². The summed E-state index contributed by atoms with van der Waals surface area (Å²) in [5, 5.41) is 23.1. The Hall–Kier alpha value is -12.1. The van der Waals surface area contributed by atoms with Gasteiger partial charge in [0.1, 0.15) is 68.6 Å². The Morgan fingerprint density at radius 1 is 0.381 bits per heavy atom. The number of aromatic nitrogens is 12. The third-order valence-electron chi connectivity index (χ3n) is 24.3. The molecular weight excluding hydrogens is 1410 g/mol. The fourth-order valence-corrected chi connectivity index (χ4v) is 17.9. The second-order valence-corrected chi connectivity index (χ2v) is 31.5. The molecule has 0 unspecified atom stereocenters. The second kappa shape index (κ2) is 29.8. The van der Waals surface area contributed by atoms with E-state index >= 15 is 0 Å². The van der Waals surface area contributed by atoms with Crippen molar-refractivity contribution in [1.29, 1.82) is 0 Å². The molecule has 21 rings (SSSR count). The zero-order chi connectivity index (χ0) is 76.5. The number of carbonyl (C=O) groups excluding carboxylic acids is 1. The number of fused-ring (bicyclic) bond motifs is 6. The monoisotopic (exact) mass is 1500 g/mol. The average Bonchev–Trinajstić information content (AvgIpc) is 1.61. The molecule has 6 aliphatic rings. The minimum Gasteiger partial charge on any atom is -0.392 e. The minimum atomic E-state index is -0.183. The molecule has 0 bridgehead atoms. The SMILES string of the molecule is CN(C)C(=O)N1CCN(C2CC(c3nc(-c4ccc5ccc(-c6ccccc6)nc5c4)c4c(N)nccn34)C2)CC1.Nc1nccn2c(C3CC(N4CC[C@@H](O)C4)C3)nc(-c3ccc4ccc(-c5ccccc5)nc4c3)c12.Nc1nccn2c(C3CC(N4CC[C@H](O)C4)C3)nc(-c3ccc4ccc(-c5ccccc5)nc4c3)c12. The van der Waals surface area contributed by atoms with Crippen LogP contribution in [-0.4, -0.2) is 196 Å². The Balaban J connectivity index is 0.000000114. The van der Waals surface area contributed by atoms with Crippen molar-refractivity contribution in [3.8, 4) is 67.5 Å². The van der Waals surface area contributed by atoms with Crippen molar-refractivity contribution < 1.29 is 15.0 Å². The van der Waals surface area contributed by atoms with Gasteiger partial charge in [0, 0.05) is 189 Å². The number of aliphatic hydroxyl groups excluding tert-OH is 2. The summed E-state index contributed by atoms with van der Waals surface area (Å²) in [6.07, 6.45) is 18.8. The molecule has 3 aliphatic heterocycles. The van der Waals surface area contributed by atoms with Gasteiger partial charge in [0.15, 0.2) is 0 Å². The maximum atomic E-state index is 12.3. The summed E-state index contributed by atoms with van der Waals surface area (Å²) in [5.41, 5.74) is 36.2. The number of imidazole rings is 3. The Bertz CT molecular complexity index is 5810. The van der Waals surface area contributed by atoms with Crippen LogP contribution in [0.2, 0.25) is 0 Å². The van der Waals surface area contributed by atoms with Crippen LogP contribution in [0.5, 0.6) is 0 Å². The van der Waals surface area contributed by atoms with Crippen molar-refractivity contribution in [3.05, 3.63) is 237 Å². The normalized spacial score (nSPS) is 21.3. The first-order chi connectivity index (χ1) is 55.2. The highest BCUT2D eigenvalue weighted by Gasteiger charge is 2.43. The number of β-amino-alcohol motifs (C(OH)–C–C–N with tert-alkyl or cyclic N) is 2. The Morgan fingerprint density at radius 2 is 0.699 bits per heavy atom. The first-order valence-electron chi connectivity index (χ1n) is 39.6. The molecule has 2 atom stereocenters. The first kappa shape index (κ1) is 71.2. The molecule has 0 radical (unpaired) electrons. The number of hydrogen-bond donors (Lipinski definition) is 5. The van der Waals surface area contributed by atoms with E-state index in [1.807, 2.05) is 92.2 Å². The van der Waals surface area contributed by atoms with Gasteiger partial charge in [0.2, 0.25) is 0 Å².